The van der Waals surface area contributed by atoms with Crippen molar-refractivity contribution in [1.82, 2.24) is 14.8 Å². The van der Waals surface area contributed by atoms with Crippen LogP contribution in [0.3, 0.4) is 0 Å². The number of hydrogen-bond acceptors (Lipinski definition) is 7. The van der Waals surface area contributed by atoms with E-state index in [0.717, 1.165) is 66.7 Å². The van der Waals surface area contributed by atoms with Gasteiger partial charge in [0.15, 0.2) is 0 Å². The molecule has 0 radical (unpaired) electrons. The van der Waals surface area contributed by atoms with Crippen molar-refractivity contribution in [2.75, 3.05) is 39.3 Å². The van der Waals surface area contributed by atoms with Crippen molar-refractivity contribution in [1.29, 1.82) is 5.26 Å². The average molecular weight is 748 g/mol. The number of alkyl halides is 2. The van der Waals surface area contributed by atoms with E-state index < -0.39 is 12.3 Å². The monoisotopic (exact) mass is 746 g/mol. The third-order valence-corrected chi connectivity index (χ3v) is 10.9. The lowest BCUT2D eigenvalue weighted by atomic mass is 9.96. The molecule has 3 aromatic carbocycles. The molecule has 0 saturated carbocycles. The highest BCUT2D eigenvalue weighted by Crippen LogP contribution is 2.45. The van der Waals surface area contributed by atoms with Crippen LogP contribution in [-0.4, -0.2) is 66.5 Å². The van der Waals surface area contributed by atoms with Crippen LogP contribution in [-0.2, 0) is 19.6 Å². The van der Waals surface area contributed by atoms with E-state index in [1.54, 1.807) is 12.3 Å². The maximum absolute atomic E-state index is 14.0. The van der Waals surface area contributed by atoms with Crippen molar-refractivity contribution in [3.8, 4) is 34.4 Å². The molecule has 2 fully saturated rings. The van der Waals surface area contributed by atoms with E-state index >= 15 is 0 Å². The highest BCUT2D eigenvalue weighted by molar-refractivity contribution is 6.35. The second-order valence-corrected chi connectivity index (χ2v) is 14.6. The summed E-state index contributed by atoms with van der Waals surface area (Å²) < 4.78 is 46.6. The Bertz CT molecular complexity index is 1920. The molecule has 7 nitrogen and oxygen atoms in total. The van der Waals surface area contributed by atoms with Crippen LogP contribution in [0, 0.1) is 11.3 Å². The number of aromatic nitrogens is 1. The molecule has 2 aliphatic heterocycles. The van der Waals surface area contributed by atoms with Crippen LogP contribution in [0.15, 0.2) is 67.0 Å². The number of piperidine rings is 1. The Morgan fingerprint density at radius 3 is 2.44 bits per heavy atom. The van der Waals surface area contributed by atoms with Gasteiger partial charge < -0.3 is 19.1 Å². The molecule has 0 unspecified atom stereocenters. The van der Waals surface area contributed by atoms with Gasteiger partial charge >= 0.3 is 0 Å². The molecule has 7 rings (SSSR count). The molecule has 3 aliphatic rings. The third kappa shape index (κ3) is 8.64. The smallest absolute Gasteiger partial charge is 0.142 e. The first kappa shape index (κ1) is 36.4. The van der Waals surface area contributed by atoms with Crippen LogP contribution in [0.5, 0.6) is 17.2 Å². The Morgan fingerprint density at radius 1 is 0.846 bits per heavy atom. The molecule has 272 valence electrons. The van der Waals surface area contributed by atoms with Crippen LogP contribution in [0.2, 0.25) is 10.0 Å². The fourth-order valence-electron chi connectivity index (χ4n) is 7.45. The van der Waals surface area contributed by atoms with Gasteiger partial charge in [-0.15, -0.1) is 0 Å². The molecule has 3 heterocycles. The molecule has 1 aromatic heterocycles. The van der Waals surface area contributed by atoms with Crippen molar-refractivity contribution < 1.29 is 23.0 Å². The van der Waals surface area contributed by atoms with Gasteiger partial charge in [-0.3, -0.25) is 9.88 Å². The van der Waals surface area contributed by atoms with Crippen LogP contribution >= 0.6 is 23.2 Å². The quantitative estimate of drug-likeness (QED) is 0.126. The summed E-state index contributed by atoms with van der Waals surface area (Å²) in [6.07, 6.45) is 5.54. The van der Waals surface area contributed by atoms with Crippen LogP contribution in [0.25, 0.3) is 11.1 Å². The van der Waals surface area contributed by atoms with E-state index in [1.165, 1.54) is 11.8 Å². The number of rotatable bonds is 13. The first-order valence-corrected chi connectivity index (χ1v) is 18.8. The fraction of sp³-hybridized carbons (Fsp3) is 0.415. The third-order valence-electron chi connectivity index (χ3n) is 10.2. The van der Waals surface area contributed by atoms with Gasteiger partial charge in [-0.2, -0.15) is 5.26 Å². The molecule has 52 heavy (non-hydrogen) atoms. The number of benzene rings is 3. The first-order chi connectivity index (χ1) is 25.3. The Hall–Kier alpha value is -3.94. The normalized spacial score (nSPS) is 19.4. The minimum Gasteiger partial charge on any atom is -0.492 e. The zero-order valence-corrected chi connectivity index (χ0v) is 30.5. The average Bonchev–Trinajstić information content (AvgIpc) is 3.77. The highest BCUT2D eigenvalue weighted by Gasteiger charge is 2.29. The van der Waals surface area contributed by atoms with Crippen LogP contribution < -0.4 is 14.2 Å². The molecule has 11 heteroatoms. The largest absolute Gasteiger partial charge is 0.492 e. The van der Waals surface area contributed by atoms with Crippen molar-refractivity contribution in [2.45, 2.75) is 70.1 Å². The van der Waals surface area contributed by atoms with Gasteiger partial charge in [-0.1, -0.05) is 53.5 Å². The highest BCUT2D eigenvalue weighted by atomic mass is 35.5. The lowest BCUT2D eigenvalue weighted by Crippen LogP contribution is -2.35. The van der Waals surface area contributed by atoms with Gasteiger partial charge in [-0.05, 0) is 73.4 Å². The zero-order chi connectivity index (χ0) is 36.0. The molecule has 4 aromatic rings. The Morgan fingerprint density at radius 2 is 1.63 bits per heavy atom. The molecule has 2 saturated heterocycles. The van der Waals surface area contributed by atoms with Gasteiger partial charge in [0.2, 0.25) is 0 Å². The summed E-state index contributed by atoms with van der Waals surface area (Å²) in [4.78, 5) is 8.50. The number of halogens is 4. The Balaban J connectivity index is 1.07. The van der Waals surface area contributed by atoms with E-state index in [0.29, 0.717) is 78.4 Å². The van der Waals surface area contributed by atoms with Crippen LogP contribution in [0.4, 0.5) is 8.78 Å². The Labute approximate surface area is 314 Å². The summed E-state index contributed by atoms with van der Waals surface area (Å²) >= 11 is 13.9. The topological polar surface area (TPSA) is 70.8 Å². The fourth-order valence-corrected chi connectivity index (χ4v) is 7.97. The summed E-state index contributed by atoms with van der Waals surface area (Å²) in [5, 5.41) is 10.3. The number of fused-ring (bicyclic) bond motifs is 1. The van der Waals surface area contributed by atoms with Gasteiger partial charge in [0, 0.05) is 74.4 Å². The first-order valence-electron chi connectivity index (χ1n) is 18.1. The number of hydrogen-bond donors (Lipinski definition) is 0. The van der Waals surface area contributed by atoms with Crippen molar-refractivity contribution in [3.05, 3.63) is 105 Å². The van der Waals surface area contributed by atoms with E-state index in [4.69, 9.17) is 37.4 Å². The summed E-state index contributed by atoms with van der Waals surface area (Å²) in [7, 11) is 0. The minimum absolute atomic E-state index is 0.195. The summed E-state index contributed by atoms with van der Waals surface area (Å²) in [5.41, 5.74) is 6.25. The van der Waals surface area contributed by atoms with Gasteiger partial charge in [0.25, 0.3) is 0 Å². The molecule has 0 N–H and O–H groups in total. The lowest BCUT2D eigenvalue weighted by molar-refractivity contribution is 0.143. The predicted molar refractivity (Wildman–Crippen MR) is 199 cm³/mol. The number of pyridine rings is 1. The molecular formula is C41H42Cl2F2N4O3. The molecule has 1 aliphatic carbocycles. The van der Waals surface area contributed by atoms with Gasteiger partial charge in [0.05, 0.1) is 22.2 Å². The second kappa shape index (κ2) is 16.8. The van der Waals surface area contributed by atoms with Gasteiger partial charge in [0.1, 0.15) is 48.4 Å². The summed E-state index contributed by atoms with van der Waals surface area (Å²) in [6, 6.07) is 19.6. The Kier molecular flexibility index (Phi) is 11.8. The number of nitriles is 1. The lowest BCUT2D eigenvalue weighted by Gasteiger charge is -2.28. The minimum atomic E-state index is -0.845. The molecule has 2 atom stereocenters. The van der Waals surface area contributed by atoms with Gasteiger partial charge in [-0.25, -0.2) is 8.78 Å². The molecule has 0 spiro atoms. The summed E-state index contributed by atoms with van der Waals surface area (Å²) in [5.74, 6) is 1.74. The second-order valence-electron chi connectivity index (χ2n) is 13.8. The molecular weight excluding hydrogens is 705 g/mol. The number of ether oxygens (including phenoxy) is 3. The molecule has 0 bridgehead atoms. The molecule has 0 amide bonds. The van der Waals surface area contributed by atoms with Crippen molar-refractivity contribution in [3.63, 3.8) is 0 Å². The number of nitrogens with zero attached hydrogens (tertiary/aromatic N) is 4. The standard InChI is InChI=1S/C41H42Cl2F2N4O3/c42-36-19-29(24-49-16-12-31(45)25-49)39(51-26-28-18-27(21-46)22-47-23-28)20-40(36)52-37-9-8-33-32(4-1-5-34(33)37)35-6-2-7-38(41(35)43)50-17-3-13-48-14-10-30(44)11-15-48/h1-2,4-7,18-20,22-23,30-31,37H,3,8-17,24-26H2/t31-,37+/m1/s1. The van der Waals surface area contributed by atoms with Crippen LogP contribution in [0.1, 0.15) is 66.0 Å². The van der Waals surface area contributed by atoms with E-state index in [9.17, 15) is 14.0 Å². The van der Waals surface area contributed by atoms with E-state index in [1.807, 2.05) is 36.4 Å². The van der Waals surface area contributed by atoms with Crippen molar-refractivity contribution >= 4 is 23.2 Å². The number of likely N-dealkylation sites (tertiary alicyclic amines) is 2. The SMILES string of the molecule is N#Cc1cncc(COc2cc(O[C@H]3CCc4c(-c5cccc(OCCCN6CCC(F)CC6)c5Cl)cccc43)c(Cl)cc2CN2CC[C@@H](F)C2)c1. The van der Waals surface area contributed by atoms with E-state index in [2.05, 4.69) is 33.0 Å². The van der Waals surface area contributed by atoms with E-state index in [-0.39, 0.29) is 12.7 Å². The predicted octanol–water partition coefficient (Wildman–Crippen LogP) is 9.32. The maximum atomic E-state index is 14.0. The summed E-state index contributed by atoms with van der Waals surface area (Å²) in [6.45, 7) is 4.72. The zero-order valence-electron chi connectivity index (χ0n) is 29.0. The van der Waals surface area contributed by atoms with Crippen molar-refractivity contribution in [2.24, 2.45) is 0 Å². The maximum Gasteiger partial charge on any atom is 0.142 e.